The van der Waals surface area contributed by atoms with Crippen LogP contribution in [-0.2, 0) is 11.2 Å². The summed E-state index contributed by atoms with van der Waals surface area (Å²) in [5.41, 5.74) is 7.45. The minimum absolute atomic E-state index is 0.0657. The lowest BCUT2D eigenvalue weighted by atomic mass is 10.2. The number of rotatable bonds is 10. The number of ether oxygens (including phenoxy) is 1. The van der Waals surface area contributed by atoms with E-state index >= 15 is 0 Å². The smallest absolute Gasteiger partial charge is 0.269 e. The molecular weight excluding hydrogens is 568 g/mol. The molecule has 0 aromatic heterocycles. The summed E-state index contributed by atoms with van der Waals surface area (Å²) in [6.45, 7) is 2.52. The number of carbonyl (C=O) groups is 3. The van der Waals surface area contributed by atoms with E-state index in [1.807, 2.05) is 37.3 Å². The van der Waals surface area contributed by atoms with Gasteiger partial charge in [-0.05, 0) is 82.6 Å². The number of nitrogens with one attached hydrogen (secondary N) is 4. The number of unbranched alkanes of at least 4 members (excludes halogenated alkanes) is 1. The number of benzene rings is 3. The normalized spacial score (nSPS) is 10.3. The van der Waals surface area contributed by atoms with Crippen molar-refractivity contribution < 1.29 is 19.1 Å². The van der Waals surface area contributed by atoms with Crippen LogP contribution in [0.5, 0.6) is 5.75 Å². The van der Waals surface area contributed by atoms with E-state index in [0.29, 0.717) is 40.1 Å². The van der Waals surface area contributed by atoms with E-state index in [-0.39, 0.29) is 11.0 Å². The van der Waals surface area contributed by atoms with E-state index in [0.717, 1.165) is 19.3 Å². The minimum Gasteiger partial charge on any atom is -0.492 e. The van der Waals surface area contributed by atoms with Crippen LogP contribution in [0.3, 0.4) is 0 Å². The Kier molecular flexibility index (Phi) is 11.3. The molecule has 0 aliphatic rings. The lowest BCUT2D eigenvalue weighted by Gasteiger charge is -2.12. The van der Waals surface area contributed by atoms with Crippen molar-refractivity contribution in [2.75, 3.05) is 11.9 Å². The molecule has 3 amide bonds. The van der Waals surface area contributed by atoms with Gasteiger partial charge in [0.15, 0.2) is 5.11 Å². The van der Waals surface area contributed by atoms with Crippen molar-refractivity contribution in [3.8, 4) is 5.75 Å². The van der Waals surface area contributed by atoms with Crippen molar-refractivity contribution in [3.05, 3.63) is 94.0 Å². The number of halogens is 1. The van der Waals surface area contributed by atoms with Gasteiger partial charge in [0.1, 0.15) is 5.75 Å². The molecule has 10 heteroatoms. The Balaban J connectivity index is 1.43. The Hall–Kier alpha value is -3.76. The first-order chi connectivity index (χ1) is 18.4. The van der Waals surface area contributed by atoms with Crippen LogP contribution in [-0.4, -0.2) is 29.4 Å². The number of amides is 3. The van der Waals surface area contributed by atoms with Crippen molar-refractivity contribution >= 4 is 56.7 Å². The molecule has 0 fully saturated rings. The van der Waals surface area contributed by atoms with Crippen molar-refractivity contribution in [2.24, 2.45) is 0 Å². The van der Waals surface area contributed by atoms with Gasteiger partial charge in [0.25, 0.3) is 11.8 Å². The zero-order chi connectivity index (χ0) is 27.3. The zero-order valence-electron chi connectivity index (χ0n) is 20.9. The summed E-state index contributed by atoms with van der Waals surface area (Å²) in [5, 5.41) is 5.24. The first kappa shape index (κ1) is 28.8. The van der Waals surface area contributed by atoms with Gasteiger partial charge in [-0.2, -0.15) is 0 Å². The summed E-state index contributed by atoms with van der Waals surface area (Å²) in [7, 11) is 0. The Morgan fingerprint density at radius 1 is 0.895 bits per heavy atom. The SMILES string of the molecule is CCCCC(=O)Nc1ccc(C(=O)NNC(=S)NC(=O)c2ccc(OCCc3ccccc3)c(Br)c2)cc1. The van der Waals surface area contributed by atoms with E-state index in [9.17, 15) is 14.4 Å². The second-order valence-corrected chi connectivity index (χ2v) is 9.58. The second-order valence-electron chi connectivity index (χ2n) is 8.32. The summed E-state index contributed by atoms with van der Waals surface area (Å²) < 4.78 is 6.45. The Labute approximate surface area is 235 Å². The summed E-state index contributed by atoms with van der Waals surface area (Å²) in [4.78, 5) is 36.8. The molecule has 3 rings (SSSR count). The van der Waals surface area contributed by atoms with E-state index < -0.39 is 11.8 Å². The number of anilines is 1. The van der Waals surface area contributed by atoms with Crippen LogP contribution in [0.25, 0.3) is 0 Å². The monoisotopic (exact) mass is 596 g/mol. The fraction of sp³-hybridized carbons (Fsp3) is 0.214. The zero-order valence-corrected chi connectivity index (χ0v) is 23.3. The van der Waals surface area contributed by atoms with E-state index in [4.69, 9.17) is 17.0 Å². The molecule has 38 heavy (non-hydrogen) atoms. The lowest BCUT2D eigenvalue weighted by Crippen LogP contribution is -2.48. The summed E-state index contributed by atoms with van der Waals surface area (Å²) in [5.74, 6) is -0.345. The van der Waals surface area contributed by atoms with Crippen molar-refractivity contribution in [3.63, 3.8) is 0 Å². The highest BCUT2D eigenvalue weighted by Gasteiger charge is 2.12. The van der Waals surface area contributed by atoms with Crippen molar-refractivity contribution in [1.29, 1.82) is 0 Å². The third-order valence-electron chi connectivity index (χ3n) is 5.39. The van der Waals surface area contributed by atoms with Crippen LogP contribution in [0.2, 0.25) is 0 Å². The molecule has 0 heterocycles. The van der Waals surface area contributed by atoms with Gasteiger partial charge in [-0.25, -0.2) is 0 Å². The molecule has 0 unspecified atom stereocenters. The number of hydrogen-bond donors (Lipinski definition) is 4. The second kappa shape index (κ2) is 14.8. The number of hydrogen-bond acceptors (Lipinski definition) is 5. The van der Waals surface area contributed by atoms with Gasteiger partial charge < -0.3 is 10.1 Å². The van der Waals surface area contributed by atoms with Crippen LogP contribution in [0.15, 0.2) is 77.3 Å². The van der Waals surface area contributed by atoms with Crippen molar-refractivity contribution in [2.45, 2.75) is 32.6 Å². The van der Waals surface area contributed by atoms with Crippen LogP contribution in [0.4, 0.5) is 5.69 Å². The highest BCUT2D eigenvalue weighted by molar-refractivity contribution is 9.10. The highest BCUT2D eigenvalue weighted by atomic mass is 79.9. The van der Waals surface area contributed by atoms with Gasteiger partial charge in [-0.1, -0.05) is 43.7 Å². The molecule has 0 aliphatic carbocycles. The van der Waals surface area contributed by atoms with Gasteiger partial charge in [-0.15, -0.1) is 0 Å². The first-order valence-corrected chi connectivity index (χ1v) is 13.3. The fourth-order valence-corrected chi connectivity index (χ4v) is 3.98. The number of hydrazine groups is 1. The maximum atomic E-state index is 12.6. The third-order valence-corrected chi connectivity index (χ3v) is 6.21. The summed E-state index contributed by atoms with van der Waals surface area (Å²) >= 11 is 8.56. The van der Waals surface area contributed by atoms with Crippen molar-refractivity contribution in [1.82, 2.24) is 16.2 Å². The Morgan fingerprint density at radius 2 is 1.61 bits per heavy atom. The average Bonchev–Trinajstić information content (AvgIpc) is 2.92. The molecular formula is C28H29BrN4O4S. The van der Waals surface area contributed by atoms with Crippen LogP contribution >= 0.6 is 28.1 Å². The van der Waals surface area contributed by atoms with E-state index in [1.54, 1.807) is 42.5 Å². The predicted molar refractivity (Wildman–Crippen MR) is 155 cm³/mol. The molecule has 3 aromatic rings. The highest BCUT2D eigenvalue weighted by Crippen LogP contribution is 2.26. The Morgan fingerprint density at radius 3 is 2.29 bits per heavy atom. The lowest BCUT2D eigenvalue weighted by molar-refractivity contribution is -0.116. The average molecular weight is 598 g/mol. The maximum Gasteiger partial charge on any atom is 0.269 e. The molecule has 0 bridgehead atoms. The van der Waals surface area contributed by atoms with E-state index in [2.05, 4.69) is 37.4 Å². The molecule has 0 saturated heterocycles. The van der Waals surface area contributed by atoms with Gasteiger partial charge in [0.2, 0.25) is 5.91 Å². The molecule has 0 radical (unpaired) electrons. The fourth-order valence-electron chi connectivity index (χ4n) is 3.34. The summed E-state index contributed by atoms with van der Waals surface area (Å²) in [6.07, 6.45) is 2.98. The molecule has 0 aliphatic heterocycles. The molecule has 8 nitrogen and oxygen atoms in total. The predicted octanol–water partition coefficient (Wildman–Crippen LogP) is 5.15. The quantitative estimate of drug-likeness (QED) is 0.190. The molecule has 4 N–H and O–H groups in total. The van der Waals surface area contributed by atoms with Gasteiger partial charge in [0, 0.05) is 29.7 Å². The van der Waals surface area contributed by atoms with Gasteiger partial charge in [-0.3, -0.25) is 30.6 Å². The van der Waals surface area contributed by atoms with Crippen LogP contribution in [0.1, 0.15) is 52.5 Å². The summed E-state index contributed by atoms with van der Waals surface area (Å²) in [6, 6.07) is 21.4. The number of thiocarbonyl (C=S) groups is 1. The first-order valence-electron chi connectivity index (χ1n) is 12.1. The number of carbonyl (C=O) groups excluding carboxylic acids is 3. The Bertz CT molecular complexity index is 1270. The third kappa shape index (κ3) is 9.28. The largest absolute Gasteiger partial charge is 0.492 e. The molecule has 0 atom stereocenters. The maximum absolute atomic E-state index is 12.6. The molecule has 0 saturated carbocycles. The van der Waals surface area contributed by atoms with E-state index in [1.165, 1.54) is 5.56 Å². The van der Waals surface area contributed by atoms with Gasteiger partial charge in [0.05, 0.1) is 11.1 Å². The minimum atomic E-state index is -0.454. The van der Waals surface area contributed by atoms with Crippen LogP contribution < -0.4 is 26.2 Å². The standard InChI is InChI=1S/C28H29BrN4O4S/c1-2-3-9-25(34)30-22-13-10-20(11-14-22)27(36)32-33-28(38)31-26(35)21-12-15-24(23(29)18-21)37-17-16-19-7-5-4-6-8-19/h4-8,10-15,18H,2-3,9,16-17H2,1H3,(H,30,34)(H,32,36)(H2,31,33,35,38). The molecule has 198 valence electrons. The molecule has 3 aromatic carbocycles. The van der Waals surface area contributed by atoms with Crippen LogP contribution in [0, 0.1) is 0 Å². The van der Waals surface area contributed by atoms with Gasteiger partial charge >= 0.3 is 0 Å². The topological polar surface area (TPSA) is 109 Å². The molecule has 0 spiro atoms.